The van der Waals surface area contributed by atoms with Gasteiger partial charge in [-0.15, -0.1) is 0 Å². The van der Waals surface area contributed by atoms with Crippen molar-refractivity contribution < 1.29 is 4.42 Å². The first kappa shape index (κ1) is 23.5. The van der Waals surface area contributed by atoms with Gasteiger partial charge < -0.3 is 4.42 Å². The largest absolute Gasteiger partial charge is 0.452 e. The second kappa shape index (κ2) is 9.07. The van der Waals surface area contributed by atoms with Gasteiger partial charge in [-0.05, 0) is 49.2 Å². The van der Waals surface area contributed by atoms with Crippen LogP contribution in [0.3, 0.4) is 0 Å². The third kappa shape index (κ3) is 3.85. The molecule has 0 fully saturated rings. The number of pyridine rings is 2. The molecule has 4 heterocycles. The quantitative estimate of drug-likeness (QED) is 0.214. The molecule has 194 valence electrons. The number of rotatable bonds is 3. The molecule has 5 heteroatoms. The Bertz CT molecular complexity index is 2270. The van der Waals surface area contributed by atoms with E-state index in [1.165, 1.54) is 0 Å². The first-order chi connectivity index (χ1) is 20.1. The molecule has 0 radical (unpaired) electrons. The fourth-order valence-electron chi connectivity index (χ4n) is 5.65. The fraction of sp³-hybridized carbons (Fsp3) is 0.0556. The minimum absolute atomic E-state index is 0.675. The summed E-state index contributed by atoms with van der Waals surface area (Å²) in [7, 11) is 0. The maximum Gasteiger partial charge on any atom is 0.180 e. The van der Waals surface area contributed by atoms with Gasteiger partial charge in [0.15, 0.2) is 11.4 Å². The van der Waals surface area contributed by atoms with E-state index in [9.17, 15) is 0 Å². The minimum atomic E-state index is 0.675. The molecule has 8 rings (SSSR count). The van der Waals surface area contributed by atoms with Crippen LogP contribution in [-0.2, 0) is 0 Å². The van der Waals surface area contributed by atoms with E-state index in [0.29, 0.717) is 11.4 Å². The standard InChI is InChI=1S/C36H24N4O/c1-21-12-13-24-18-19-27-29(20-22(2)38-33(27)31(24)37-21)23-14-16-25(17-15-23)32-35-34(28-10-6-7-11-30(28)41-35)40-36(39-32)26-8-4-3-5-9-26/h3-20H,1-2H3. The zero-order valence-corrected chi connectivity index (χ0v) is 22.6. The molecule has 0 aliphatic rings. The van der Waals surface area contributed by atoms with Crippen molar-refractivity contribution in [1.29, 1.82) is 0 Å². The molecule has 0 N–H and O–H groups in total. The second-order valence-electron chi connectivity index (χ2n) is 10.4. The average molecular weight is 529 g/mol. The van der Waals surface area contributed by atoms with Crippen molar-refractivity contribution >= 4 is 43.9 Å². The number of furan rings is 1. The highest BCUT2D eigenvalue weighted by molar-refractivity contribution is 6.09. The van der Waals surface area contributed by atoms with Crippen molar-refractivity contribution in [3.05, 3.63) is 121 Å². The molecule has 41 heavy (non-hydrogen) atoms. The molecule has 0 spiro atoms. The lowest BCUT2D eigenvalue weighted by atomic mass is 9.97. The van der Waals surface area contributed by atoms with E-state index in [-0.39, 0.29) is 0 Å². The van der Waals surface area contributed by atoms with Crippen LogP contribution < -0.4 is 0 Å². The minimum Gasteiger partial charge on any atom is -0.452 e. The van der Waals surface area contributed by atoms with Gasteiger partial charge in [-0.25, -0.2) is 9.97 Å². The number of benzene rings is 4. The monoisotopic (exact) mass is 528 g/mol. The molecule has 0 aliphatic heterocycles. The molecule has 0 aliphatic carbocycles. The van der Waals surface area contributed by atoms with Crippen LogP contribution in [0.1, 0.15) is 11.4 Å². The Morgan fingerprint density at radius 2 is 1.24 bits per heavy atom. The lowest BCUT2D eigenvalue weighted by Gasteiger charge is -2.12. The van der Waals surface area contributed by atoms with Crippen molar-refractivity contribution in [2.24, 2.45) is 0 Å². The van der Waals surface area contributed by atoms with E-state index in [1.807, 2.05) is 74.5 Å². The van der Waals surface area contributed by atoms with Crippen LogP contribution in [0, 0.1) is 13.8 Å². The number of aromatic nitrogens is 4. The van der Waals surface area contributed by atoms with Crippen LogP contribution in [0.4, 0.5) is 0 Å². The van der Waals surface area contributed by atoms with Gasteiger partial charge >= 0.3 is 0 Å². The molecule has 0 atom stereocenters. The normalized spacial score (nSPS) is 11.7. The van der Waals surface area contributed by atoms with Crippen LogP contribution in [0.5, 0.6) is 0 Å². The van der Waals surface area contributed by atoms with E-state index < -0.39 is 0 Å². The van der Waals surface area contributed by atoms with Crippen molar-refractivity contribution in [1.82, 2.24) is 19.9 Å². The van der Waals surface area contributed by atoms with E-state index in [1.54, 1.807) is 0 Å². The number of hydrogen-bond donors (Lipinski definition) is 0. The van der Waals surface area contributed by atoms with Gasteiger partial charge in [0.2, 0.25) is 0 Å². The predicted octanol–water partition coefficient (Wildman–Crippen LogP) is 9.09. The molecule has 4 aromatic heterocycles. The number of fused-ring (bicyclic) bond motifs is 6. The van der Waals surface area contributed by atoms with Gasteiger partial charge in [0.1, 0.15) is 16.8 Å². The molecule has 0 saturated carbocycles. The third-order valence-electron chi connectivity index (χ3n) is 7.63. The Morgan fingerprint density at radius 1 is 0.512 bits per heavy atom. The van der Waals surface area contributed by atoms with Crippen molar-refractivity contribution in [3.63, 3.8) is 0 Å². The molecule has 5 nitrogen and oxygen atoms in total. The maximum absolute atomic E-state index is 6.33. The molecular formula is C36H24N4O. The zero-order chi connectivity index (χ0) is 27.5. The summed E-state index contributed by atoms with van der Waals surface area (Å²) >= 11 is 0. The molecule has 4 aromatic carbocycles. The summed E-state index contributed by atoms with van der Waals surface area (Å²) in [6, 6.07) is 37.2. The first-order valence-electron chi connectivity index (χ1n) is 13.7. The molecule has 0 unspecified atom stereocenters. The van der Waals surface area contributed by atoms with Crippen molar-refractivity contribution in [2.75, 3.05) is 0 Å². The second-order valence-corrected chi connectivity index (χ2v) is 10.4. The van der Waals surface area contributed by atoms with Gasteiger partial charge in [-0.3, -0.25) is 9.97 Å². The number of aryl methyl sites for hydroxylation is 2. The third-order valence-corrected chi connectivity index (χ3v) is 7.63. The number of para-hydroxylation sites is 1. The lowest BCUT2D eigenvalue weighted by molar-refractivity contribution is 0.667. The summed E-state index contributed by atoms with van der Waals surface area (Å²) in [5.41, 5.74) is 11.1. The molecular weight excluding hydrogens is 504 g/mol. The summed E-state index contributed by atoms with van der Waals surface area (Å²) in [4.78, 5) is 19.7. The Kier molecular flexibility index (Phi) is 5.19. The topological polar surface area (TPSA) is 64.7 Å². The lowest BCUT2D eigenvalue weighted by Crippen LogP contribution is -1.94. The van der Waals surface area contributed by atoms with Gasteiger partial charge in [-0.1, -0.05) is 84.9 Å². The summed E-state index contributed by atoms with van der Waals surface area (Å²) < 4.78 is 6.33. The number of nitrogens with zero attached hydrogens (tertiary/aromatic N) is 4. The van der Waals surface area contributed by atoms with Gasteiger partial charge in [0.05, 0.1) is 11.0 Å². The summed E-state index contributed by atoms with van der Waals surface area (Å²) in [5.74, 6) is 0.675. The van der Waals surface area contributed by atoms with Crippen molar-refractivity contribution in [2.45, 2.75) is 13.8 Å². The first-order valence-corrected chi connectivity index (χ1v) is 13.7. The van der Waals surface area contributed by atoms with E-state index in [0.717, 1.165) is 77.6 Å². The smallest absolute Gasteiger partial charge is 0.180 e. The Morgan fingerprint density at radius 3 is 2.10 bits per heavy atom. The van der Waals surface area contributed by atoms with Gasteiger partial charge in [-0.2, -0.15) is 0 Å². The Balaban J connectivity index is 1.31. The van der Waals surface area contributed by atoms with E-state index in [4.69, 9.17) is 24.4 Å². The Hall–Kier alpha value is -5.42. The zero-order valence-electron chi connectivity index (χ0n) is 22.6. The van der Waals surface area contributed by atoms with E-state index >= 15 is 0 Å². The molecule has 0 bridgehead atoms. The fourth-order valence-corrected chi connectivity index (χ4v) is 5.65. The number of hydrogen-bond acceptors (Lipinski definition) is 5. The van der Waals surface area contributed by atoms with Crippen LogP contribution in [0.25, 0.3) is 77.6 Å². The summed E-state index contributed by atoms with van der Waals surface area (Å²) in [6.45, 7) is 4.05. The van der Waals surface area contributed by atoms with Crippen LogP contribution in [-0.4, -0.2) is 19.9 Å². The summed E-state index contributed by atoms with van der Waals surface area (Å²) in [5, 5.41) is 3.16. The molecule has 0 saturated heterocycles. The van der Waals surface area contributed by atoms with E-state index in [2.05, 4.69) is 48.5 Å². The van der Waals surface area contributed by atoms with Crippen LogP contribution >= 0.6 is 0 Å². The molecule has 8 aromatic rings. The van der Waals surface area contributed by atoms with Crippen molar-refractivity contribution in [3.8, 4) is 33.8 Å². The average Bonchev–Trinajstić information content (AvgIpc) is 3.39. The van der Waals surface area contributed by atoms with Gasteiger partial charge in [0.25, 0.3) is 0 Å². The molecule has 0 amide bonds. The maximum atomic E-state index is 6.33. The SMILES string of the molecule is Cc1ccc2ccc3c(-c4ccc(-c5nc(-c6ccccc6)nc6c5oc5ccccc56)cc4)cc(C)nc3c2n1. The Labute approximate surface area is 236 Å². The summed E-state index contributed by atoms with van der Waals surface area (Å²) in [6.07, 6.45) is 0. The highest BCUT2D eigenvalue weighted by Crippen LogP contribution is 2.37. The predicted molar refractivity (Wildman–Crippen MR) is 166 cm³/mol. The highest BCUT2D eigenvalue weighted by atomic mass is 16.3. The van der Waals surface area contributed by atoms with Crippen LogP contribution in [0.2, 0.25) is 0 Å². The highest BCUT2D eigenvalue weighted by Gasteiger charge is 2.18. The van der Waals surface area contributed by atoms with Gasteiger partial charge in [0, 0.05) is 38.7 Å². The van der Waals surface area contributed by atoms with Crippen LogP contribution in [0.15, 0.2) is 114 Å².